The van der Waals surface area contributed by atoms with Crippen LogP contribution in [0.5, 0.6) is 5.75 Å². The lowest BCUT2D eigenvalue weighted by molar-refractivity contribution is 0.0973. The van der Waals surface area contributed by atoms with E-state index in [1.807, 2.05) is 30.3 Å². The Hall–Kier alpha value is -2.77. The van der Waals surface area contributed by atoms with Gasteiger partial charge in [-0.25, -0.2) is 4.39 Å². The summed E-state index contributed by atoms with van der Waals surface area (Å²) < 4.78 is 19.9. The molecule has 29 heavy (non-hydrogen) atoms. The highest BCUT2D eigenvalue weighted by Crippen LogP contribution is 2.23. The standard InChI is InChI=1S/C22H18BrFN2O2S/c23-16-9-10-20(28-12-11-15-5-2-1-3-6-15)19(13-16)21(27)26-22(29)25-18-8-4-7-17(24)14-18/h1-10,13-14H,11-12H2,(H2,25,26,27,29). The molecule has 0 aromatic heterocycles. The molecule has 0 saturated carbocycles. The predicted octanol–water partition coefficient (Wildman–Crippen LogP) is 5.34. The molecule has 148 valence electrons. The van der Waals surface area contributed by atoms with E-state index < -0.39 is 11.7 Å². The van der Waals surface area contributed by atoms with Crippen molar-refractivity contribution in [1.29, 1.82) is 0 Å². The van der Waals surface area contributed by atoms with E-state index in [2.05, 4.69) is 26.6 Å². The lowest BCUT2D eigenvalue weighted by Crippen LogP contribution is -2.34. The average Bonchev–Trinajstić information content (AvgIpc) is 2.69. The fourth-order valence-electron chi connectivity index (χ4n) is 2.63. The minimum absolute atomic E-state index is 0.0656. The van der Waals surface area contributed by atoms with Gasteiger partial charge in [0.2, 0.25) is 0 Å². The van der Waals surface area contributed by atoms with Gasteiger partial charge in [0.1, 0.15) is 11.6 Å². The van der Waals surface area contributed by atoms with E-state index in [9.17, 15) is 9.18 Å². The first-order chi connectivity index (χ1) is 14.0. The van der Waals surface area contributed by atoms with Crippen LogP contribution in [-0.4, -0.2) is 17.6 Å². The van der Waals surface area contributed by atoms with Crippen LogP contribution in [0.2, 0.25) is 0 Å². The van der Waals surface area contributed by atoms with Gasteiger partial charge in [0.05, 0.1) is 12.2 Å². The van der Waals surface area contributed by atoms with E-state index in [1.54, 1.807) is 30.3 Å². The zero-order chi connectivity index (χ0) is 20.6. The molecule has 1 amide bonds. The Bertz CT molecular complexity index is 1010. The molecule has 2 N–H and O–H groups in total. The topological polar surface area (TPSA) is 50.4 Å². The number of rotatable bonds is 6. The monoisotopic (exact) mass is 472 g/mol. The highest BCUT2D eigenvalue weighted by Gasteiger charge is 2.15. The maximum absolute atomic E-state index is 13.3. The molecule has 3 aromatic carbocycles. The molecular weight excluding hydrogens is 455 g/mol. The third kappa shape index (κ3) is 6.37. The Morgan fingerprint density at radius 3 is 2.59 bits per heavy atom. The van der Waals surface area contributed by atoms with Gasteiger partial charge >= 0.3 is 0 Å². The van der Waals surface area contributed by atoms with E-state index >= 15 is 0 Å². The van der Waals surface area contributed by atoms with Gasteiger partial charge in [-0.15, -0.1) is 0 Å². The van der Waals surface area contributed by atoms with Crippen molar-refractivity contribution in [2.45, 2.75) is 6.42 Å². The van der Waals surface area contributed by atoms with Crippen LogP contribution in [0.1, 0.15) is 15.9 Å². The molecule has 3 rings (SSSR count). The van der Waals surface area contributed by atoms with Crippen molar-refractivity contribution in [3.05, 3.63) is 94.2 Å². The molecule has 0 fully saturated rings. The zero-order valence-electron chi connectivity index (χ0n) is 15.3. The Morgan fingerprint density at radius 1 is 1.03 bits per heavy atom. The SMILES string of the molecule is O=C(NC(=S)Nc1cccc(F)c1)c1cc(Br)ccc1OCCc1ccccc1. The van der Waals surface area contributed by atoms with E-state index in [0.717, 1.165) is 16.5 Å². The number of carbonyl (C=O) groups excluding carboxylic acids is 1. The third-order valence-electron chi connectivity index (χ3n) is 3.99. The highest BCUT2D eigenvalue weighted by molar-refractivity contribution is 9.10. The summed E-state index contributed by atoms with van der Waals surface area (Å²) in [5.74, 6) is -0.365. The van der Waals surface area contributed by atoms with Crippen molar-refractivity contribution < 1.29 is 13.9 Å². The van der Waals surface area contributed by atoms with Gasteiger partial charge in [0.25, 0.3) is 5.91 Å². The molecule has 0 saturated heterocycles. The Morgan fingerprint density at radius 2 is 1.83 bits per heavy atom. The third-order valence-corrected chi connectivity index (χ3v) is 4.68. The lowest BCUT2D eigenvalue weighted by Gasteiger charge is -2.14. The first-order valence-corrected chi connectivity index (χ1v) is 10.1. The van der Waals surface area contributed by atoms with Crippen molar-refractivity contribution in [3.8, 4) is 5.75 Å². The van der Waals surface area contributed by atoms with Gasteiger partial charge in [0, 0.05) is 16.6 Å². The predicted molar refractivity (Wildman–Crippen MR) is 120 cm³/mol. The summed E-state index contributed by atoms with van der Waals surface area (Å²) in [6, 6.07) is 21.0. The van der Waals surface area contributed by atoms with E-state index in [4.69, 9.17) is 17.0 Å². The van der Waals surface area contributed by atoms with Gasteiger partial charge in [0.15, 0.2) is 5.11 Å². The zero-order valence-corrected chi connectivity index (χ0v) is 17.7. The summed E-state index contributed by atoms with van der Waals surface area (Å²) in [4.78, 5) is 12.7. The van der Waals surface area contributed by atoms with Gasteiger partial charge in [-0.2, -0.15) is 0 Å². The highest BCUT2D eigenvalue weighted by atomic mass is 79.9. The van der Waals surface area contributed by atoms with Crippen LogP contribution in [-0.2, 0) is 6.42 Å². The van der Waals surface area contributed by atoms with Gasteiger partial charge < -0.3 is 10.1 Å². The first kappa shape index (κ1) is 21.0. The maximum Gasteiger partial charge on any atom is 0.261 e. The minimum Gasteiger partial charge on any atom is -0.492 e. The van der Waals surface area contributed by atoms with Gasteiger partial charge in [-0.05, 0) is 54.2 Å². The van der Waals surface area contributed by atoms with Gasteiger partial charge in [-0.3, -0.25) is 10.1 Å². The second-order valence-corrected chi connectivity index (χ2v) is 7.47. The molecule has 0 radical (unpaired) electrons. The van der Waals surface area contributed by atoms with Crippen molar-refractivity contribution in [2.75, 3.05) is 11.9 Å². The molecule has 0 heterocycles. The van der Waals surface area contributed by atoms with E-state index in [-0.39, 0.29) is 5.11 Å². The second kappa shape index (κ2) is 10.1. The number of benzene rings is 3. The largest absolute Gasteiger partial charge is 0.492 e. The Labute approximate surface area is 182 Å². The van der Waals surface area contributed by atoms with Crippen LogP contribution in [0.3, 0.4) is 0 Å². The summed E-state index contributed by atoms with van der Waals surface area (Å²) in [5, 5.41) is 5.45. The molecule has 7 heteroatoms. The Kier molecular flexibility index (Phi) is 7.32. The fraction of sp³-hybridized carbons (Fsp3) is 0.0909. The number of amides is 1. The maximum atomic E-state index is 13.3. The quantitative estimate of drug-likeness (QED) is 0.475. The number of thiocarbonyl (C=S) groups is 1. The molecule has 0 aliphatic rings. The molecule has 0 bridgehead atoms. The van der Waals surface area contributed by atoms with E-state index in [1.165, 1.54) is 12.1 Å². The normalized spacial score (nSPS) is 10.3. The number of carbonyl (C=O) groups is 1. The average molecular weight is 473 g/mol. The minimum atomic E-state index is -0.421. The second-order valence-electron chi connectivity index (χ2n) is 6.14. The number of ether oxygens (including phenoxy) is 1. The fourth-order valence-corrected chi connectivity index (χ4v) is 3.20. The van der Waals surface area contributed by atoms with Crippen LogP contribution in [0.15, 0.2) is 77.3 Å². The molecule has 0 spiro atoms. The first-order valence-electron chi connectivity index (χ1n) is 8.85. The summed E-state index contributed by atoms with van der Waals surface area (Å²) in [7, 11) is 0. The summed E-state index contributed by atoms with van der Waals surface area (Å²) >= 11 is 8.54. The Balaban J connectivity index is 1.64. The lowest BCUT2D eigenvalue weighted by atomic mass is 10.1. The molecule has 0 atom stereocenters. The van der Waals surface area contributed by atoms with Crippen molar-refractivity contribution in [2.24, 2.45) is 0 Å². The van der Waals surface area contributed by atoms with Crippen LogP contribution in [0, 0.1) is 5.82 Å². The van der Waals surface area contributed by atoms with Crippen LogP contribution in [0.4, 0.5) is 10.1 Å². The summed E-state index contributed by atoms with van der Waals surface area (Å²) in [5.41, 5.74) is 1.94. The molecule has 4 nitrogen and oxygen atoms in total. The van der Waals surface area contributed by atoms with Crippen LogP contribution >= 0.6 is 28.1 Å². The summed E-state index contributed by atoms with van der Waals surface area (Å²) in [6.45, 7) is 0.428. The molecule has 3 aromatic rings. The van der Waals surface area contributed by atoms with Crippen LogP contribution < -0.4 is 15.4 Å². The molecule has 0 aliphatic heterocycles. The number of hydrogen-bond acceptors (Lipinski definition) is 3. The summed E-state index contributed by atoms with van der Waals surface area (Å²) in [6.07, 6.45) is 0.720. The molecular formula is C22H18BrFN2O2S. The van der Waals surface area contributed by atoms with Crippen molar-refractivity contribution >= 4 is 44.9 Å². The number of halogens is 2. The number of anilines is 1. The smallest absolute Gasteiger partial charge is 0.261 e. The van der Waals surface area contributed by atoms with Crippen molar-refractivity contribution in [3.63, 3.8) is 0 Å². The van der Waals surface area contributed by atoms with Crippen molar-refractivity contribution in [1.82, 2.24) is 5.32 Å². The molecule has 0 aliphatic carbocycles. The number of nitrogens with one attached hydrogen (secondary N) is 2. The number of hydrogen-bond donors (Lipinski definition) is 2. The van der Waals surface area contributed by atoms with Gasteiger partial charge in [-0.1, -0.05) is 52.3 Å². The van der Waals surface area contributed by atoms with Crippen LogP contribution in [0.25, 0.3) is 0 Å². The van der Waals surface area contributed by atoms with E-state index in [0.29, 0.717) is 23.6 Å². The molecule has 0 unspecified atom stereocenters.